The smallest absolute Gasteiger partial charge is 0.159 e. The van der Waals surface area contributed by atoms with Crippen LogP contribution in [-0.2, 0) is 0 Å². The van der Waals surface area contributed by atoms with E-state index in [1.807, 2.05) is 21.0 Å². The highest BCUT2D eigenvalue weighted by Crippen LogP contribution is 2.15. The molecule has 0 heterocycles. The molecule has 1 rings (SSSR count). The van der Waals surface area contributed by atoms with Crippen LogP contribution in [0.1, 0.15) is 24.9 Å². The molecule has 0 amide bonds. The van der Waals surface area contributed by atoms with Gasteiger partial charge in [-0.25, -0.2) is 8.78 Å². The first-order valence-corrected chi connectivity index (χ1v) is 5.83. The molecule has 1 aromatic rings. The lowest BCUT2D eigenvalue weighted by Crippen LogP contribution is -2.23. The highest BCUT2D eigenvalue weighted by Gasteiger charge is 2.08. The Hall–Kier alpha value is -1.00. The zero-order valence-corrected chi connectivity index (χ0v) is 10.6. The molecular formula is C13H20F2N2. The Bertz CT molecular complexity index is 353. The Morgan fingerprint density at radius 3 is 2.53 bits per heavy atom. The van der Waals surface area contributed by atoms with Crippen LogP contribution in [0.3, 0.4) is 0 Å². The van der Waals surface area contributed by atoms with Crippen molar-refractivity contribution in [3.63, 3.8) is 0 Å². The monoisotopic (exact) mass is 242 g/mol. The molecule has 0 saturated carbocycles. The van der Waals surface area contributed by atoms with E-state index in [2.05, 4.69) is 10.2 Å². The lowest BCUT2D eigenvalue weighted by molar-refractivity contribution is 0.389. The Kier molecular flexibility index (Phi) is 5.51. The fourth-order valence-electron chi connectivity index (χ4n) is 1.61. The largest absolute Gasteiger partial charge is 0.310 e. The van der Waals surface area contributed by atoms with Crippen LogP contribution in [0.2, 0.25) is 0 Å². The second-order valence-electron chi connectivity index (χ2n) is 4.51. The van der Waals surface area contributed by atoms with Crippen molar-refractivity contribution in [3.05, 3.63) is 35.4 Å². The van der Waals surface area contributed by atoms with Gasteiger partial charge >= 0.3 is 0 Å². The third-order valence-corrected chi connectivity index (χ3v) is 2.68. The van der Waals surface area contributed by atoms with Crippen molar-refractivity contribution in [1.29, 1.82) is 0 Å². The molecule has 0 aromatic heterocycles. The van der Waals surface area contributed by atoms with E-state index in [0.29, 0.717) is 0 Å². The molecule has 0 saturated heterocycles. The van der Waals surface area contributed by atoms with E-state index in [1.165, 1.54) is 12.1 Å². The quantitative estimate of drug-likeness (QED) is 0.771. The highest BCUT2D eigenvalue weighted by atomic mass is 19.2. The lowest BCUT2D eigenvalue weighted by atomic mass is 10.1. The molecule has 0 radical (unpaired) electrons. The van der Waals surface area contributed by atoms with Crippen molar-refractivity contribution in [2.24, 2.45) is 0 Å². The van der Waals surface area contributed by atoms with E-state index < -0.39 is 11.6 Å². The summed E-state index contributed by atoms with van der Waals surface area (Å²) in [6.45, 7) is 3.82. The van der Waals surface area contributed by atoms with Gasteiger partial charge in [0.05, 0.1) is 0 Å². The van der Waals surface area contributed by atoms with E-state index in [0.717, 1.165) is 25.1 Å². The second-order valence-corrected chi connectivity index (χ2v) is 4.51. The van der Waals surface area contributed by atoms with E-state index in [4.69, 9.17) is 0 Å². The summed E-state index contributed by atoms with van der Waals surface area (Å²) in [5.74, 6) is -1.59. The molecule has 1 aromatic carbocycles. The average molecular weight is 242 g/mol. The van der Waals surface area contributed by atoms with E-state index >= 15 is 0 Å². The fraction of sp³-hybridized carbons (Fsp3) is 0.538. The van der Waals surface area contributed by atoms with Crippen LogP contribution in [0.4, 0.5) is 8.78 Å². The van der Waals surface area contributed by atoms with Crippen LogP contribution >= 0.6 is 0 Å². The number of nitrogens with one attached hydrogen (secondary N) is 1. The standard InChI is InChI=1S/C13H20F2N2/c1-10(16-7-4-8-17(2)3)11-5-6-12(14)13(15)9-11/h5-6,9-10,16H,4,7-8H2,1-3H3. The SMILES string of the molecule is CC(NCCCN(C)C)c1ccc(F)c(F)c1. The number of halogens is 2. The maximum Gasteiger partial charge on any atom is 0.159 e. The van der Waals surface area contributed by atoms with Gasteiger partial charge in [0.2, 0.25) is 0 Å². The van der Waals surface area contributed by atoms with Crippen molar-refractivity contribution < 1.29 is 8.78 Å². The van der Waals surface area contributed by atoms with Gasteiger partial charge in [-0.05, 0) is 58.2 Å². The summed E-state index contributed by atoms with van der Waals surface area (Å²) in [5, 5.41) is 3.29. The number of nitrogens with zero attached hydrogens (tertiary/aromatic N) is 1. The minimum Gasteiger partial charge on any atom is -0.310 e. The van der Waals surface area contributed by atoms with Crippen LogP contribution in [0.25, 0.3) is 0 Å². The molecule has 4 heteroatoms. The van der Waals surface area contributed by atoms with Crippen molar-refractivity contribution in [2.75, 3.05) is 27.2 Å². The van der Waals surface area contributed by atoms with Gasteiger partial charge in [-0.3, -0.25) is 0 Å². The highest BCUT2D eigenvalue weighted by molar-refractivity contribution is 5.20. The summed E-state index contributed by atoms with van der Waals surface area (Å²) in [6, 6.07) is 4.07. The first-order valence-electron chi connectivity index (χ1n) is 5.83. The molecular weight excluding hydrogens is 222 g/mol. The van der Waals surface area contributed by atoms with Gasteiger partial charge in [0.25, 0.3) is 0 Å². The molecule has 96 valence electrons. The number of hydrogen-bond acceptors (Lipinski definition) is 2. The number of benzene rings is 1. The molecule has 1 N–H and O–H groups in total. The van der Waals surface area contributed by atoms with Crippen molar-refractivity contribution in [1.82, 2.24) is 10.2 Å². The van der Waals surface area contributed by atoms with Gasteiger partial charge in [0.1, 0.15) is 0 Å². The topological polar surface area (TPSA) is 15.3 Å². The van der Waals surface area contributed by atoms with E-state index in [9.17, 15) is 8.78 Å². The molecule has 1 unspecified atom stereocenters. The lowest BCUT2D eigenvalue weighted by Gasteiger charge is -2.15. The average Bonchev–Trinajstić information content (AvgIpc) is 2.27. The Morgan fingerprint density at radius 1 is 1.24 bits per heavy atom. The molecule has 17 heavy (non-hydrogen) atoms. The number of hydrogen-bond donors (Lipinski definition) is 1. The minimum atomic E-state index is -0.798. The Morgan fingerprint density at radius 2 is 1.94 bits per heavy atom. The van der Waals surface area contributed by atoms with Crippen molar-refractivity contribution in [2.45, 2.75) is 19.4 Å². The molecule has 2 nitrogen and oxygen atoms in total. The molecule has 0 bridgehead atoms. The molecule has 0 aliphatic rings. The first-order chi connectivity index (χ1) is 8.00. The van der Waals surface area contributed by atoms with Gasteiger partial charge in [-0.2, -0.15) is 0 Å². The van der Waals surface area contributed by atoms with Crippen LogP contribution < -0.4 is 5.32 Å². The van der Waals surface area contributed by atoms with Crippen LogP contribution in [0, 0.1) is 11.6 Å². The Balaban J connectivity index is 2.41. The van der Waals surface area contributed by atoms with Gasteiger partial charge in [0.15, 0.2) is 11.6 Å². The van der Waals surface area contributed by atoms with Crippen LogP contribution in [-0.4, -0.2) is 32.1 Å². The first kappa shape index (κ1) is 14.1. The zero-order valence-electron chi connectivity index (χ0n) is 10.6. The normalized spacial score (nSPS) is 13.1. The molecule has 0 fully saturated rings. The predicted molar refractivity (Wildman–Crippen MR) is 65.9 cm³/mol. The Labute approximate surface area is 102 Å². The summed E-state index contributed by atoms with van der Waals surface area (Å²) in [4.78, 5) is 2.11. The molecule has 1 atom stereocenters. The van der Waals surface area contributed by atoms with Gasteiger partial charge in [-0.1, -0.05) is 6.07 Å². The summed E-state index contributed by atoms with van der Waals surface area (Å²) in [5.41, 5.74) is 0.772. The summed E-state index contributed by atoms with van der Waals surface area (Å²) < 4.78 is 25.8. The summed E-state index contributed by atoms with van der Waals surface area (Å²) in [7, 11) is 4.05. The molecule has 0 spiro atoms. The second kappa shape index (κ2) is 6.67. The summed E-state index contributed by atoms with van der Waals surface area (Å²) in [6.07, 6.45) is 1.03. The van der Waals surface area contributed by atoms with Gasteiger partial charge in [-0.15, -0.1) is 0 Å². The maximum atomic E-state index is 13.0. The zero-order chi connectivity index (χ0) is 12.8. The summed E-state index contributed by atoms with van der Waals surface area (Å²) >= 11 is 0. The number of rotatable bonds is 6. The predicted octanol–water partition coefficient (Wildman–Crippen LogP) is 2.57. The third-order valence-electron chi connectivity index (χ3n) is 2.68. The van der Waals surface area contributed by atoms with Gasteiger partial charge < -0.3 is 10.2 Å². The van der Waals surface area contributed by atoms with Crippen LogP contribution in [0.15, 0.2) is 18.2 Å². The van der Waals surface area contributed by atoms with E-state index in [-0.39, 0.29) is 6.04 Å². The van der Waals surface area contributed by atoms with E-state index in [1.54, 1.807) is 6.07 Å². The minimum absolute atomic E-state index is 0.0345. The van der Waals surface area contributed by atoms with Crippen LogP contribution in [0.5, 0.6) is 0 Å². The van der Waals surface area contributed by atoms with Crippen molar-refractivity contribution in [3.8, 4) is 0 Å². The van der Waals surface area contributed by atoms with Crippen molar-refractivity contribution >= 4 is 0 Å². The maximum absolute atomic E-state index is 13.0. The molecule has 0 aliphatic heterocycles. The fourth-order valence-corrected chi connectivity index (χ4v) is 1.61. The third kappa shape index (κ3) is 4.79. The molecule has 0 aliphatic carbocycles. The van der Waals surface area contributed by atoms with Gasteiger partial charge in [0, 0.05) is 6.04 Å².